The molecule has 0 spiro atoms. The monoisotopic (exact) mass is 134 g/mol. The van der Waals surface area contributed by atoms with Crippen molar-refractivity contribution in [3.63, 3.8) is 0 Å². The van der Waals surface area contributed by atoms with Gasteiger partial charge in [-0.3, -0.25) is 10.6 Å². The Bertz CT molecular complexity index is 55.8. The maximum atomic E-state index is 4.94. The molecule has 0 aliphatic carbocycles. The number of rotatable bonds is 4. The second-order valence-corrected chi connectivity index (χ2v) is 1.52. The molecule has 0 aliphatic heterocycles. The van der Waals surface area contributed by atoms with Crippen molar-refractivity contribution in [2.75, 3.05) is 28.3 Å². The highest BCUT2D eigenvalue weighted by Crippen LogP contribution is 1.97. The van der Waals surface area contributed by atoms with Gasteiger partial charge in [-0.25, -0.2) is 0 Å². The van der Waals surface area contributed by atoms with Crippen molar-refractivity contribution in [3.05, 3.63) is 0 Å². The third kappa shape index (κ3) is 1.91. The van der Waals surface area contributed by atoms with Crippen molar-refractivity contribution in [3.8, 4) is 0 Å². The van der Waals surface area contributed by atoms with E-state index in [0.29, 0.717) is 0 Å². The number of nitrogens with one attached hydrogen (secondary N) is 2. The van der Waals surface area contributed by atoms with Gasteiger partial charge in [0.05, 0.1) is 0 Å². The number of methoxy groups -OCH3 is 2. The van der Waals surface area contributed by atoms with Crippen LogP contribution in [0.3, 0.4) is 0 Å². The van der Waals surface area contributed by atoms with Crippen LogP contribution in [0.4, 0.5) is 0 Å². The quantitative estimate of drug-likeness (QED) is 0.500. The standard InChI is InChI=1S/C5H14N2O2/c1-6-5(7-2,8-3)9-4/h6-7H,1-4H3. The third-order valence-corrected chi connectivity index (χ3v) is 1.23. The van der Waals surface area contributed by atoms with Gasteiger partial charge in [-0.2, -0.15) is 0 Å². The minimum absolute atomic E-state index is 0.833. The van der Waals surface area contributed by atoms with E-state index >= 15 is 0 Å². The van der Waals surface area contributed by atoms with E-state index in [1.54, 1.807) is 28.3 Å². The molecule has 0 atom stereocenters. The summed E-state index contributed by atoms with van der Waals surface area (Å²) in [7, 11) is 6.58. The fourth-order valence-electron chi connectivity index (χ4n) is 0.617. The first-order chi connectivity index (χ1) is 4.24. The summed E-state index contributed by atoms with van der Waals surface area (Å²) in [5.41, 5.74) is 0. The zero-order chi connectivity index (χ0) is 7.33. The molecule has 56 valence electrons. The molecule has 9 heavy (non-hydrogen) atoms. The Morgan fingerprint density at radius 1 is 1.00 bits per heavy atom. The van der Waals surface area contributed by atoms with E-state index in [-0.39, 0.29) is 0 Å². The molecule has 0 rings (SSSR count). The van der Waals surface area contributed by atoms with Gasteiger partial charge in [-0.15, -0.1) is 0 Å². The lowest BCUT2D eigenvalue weighted by atomic mass is 10.8. The van der Waals surface area contributed by atoms with E-state index < -0.39 is 6.03 Å². The molecule has 0 heterocycles. The van der Waals surface area contributed by atoms with Gasteiger partial charge in [0, 0.05) is 14.2 Å². The van der Waals surface area contributed by atoms with Gasteiger partial charge < -0.3 is 9.47 Å². The molecule has 4 heteroatoms. The lowest BCUT2D eigenvalue weighted by Gasteiger charge is -2.28. The number of ether oxygens (including phenoxy) is 2. The van der Waals surface area contributed by atoms with Gasteiger partial charge >= 0.3 is 0 Å². The first-order valence-electron chi connectivity index (χ1n) is 2.72. The maximum Gasteiger partial charge on any atom is 0.290 e. The molecular weight excluding hydrogens is 120 g/mol. The van der Waals surface area contributed by atoms with Crippen molar-refractivity contribution >= 4 is 0 Å². The summed E-state index contributed by atoms with van der Waals surface area (Å²) in [5, 5.41) is 5.62. The second kappa shape index (κ2) is 3.79. The van der Waals surface area contributed by atoms with Gasteiger partial charge in [0.15, 0.2) is 0 Å². The molecule has 0 radical (unpaired) electrons. The smallest absolute Gasteiger partial charge is 0.290 e. The fraction of sp³-hybridized carbons (Fsp3) is 1.00. The minimum Gasteiger partial charge on any atom is -0.328 e. The van der Waals surface area contributed by atoms with E-state index in [2.05, 4.69) is 10.6 Å². The molecular formula is C5H14N2O2. The fourth-order valence-corrected chi connectivity index (χ4v) is 0.617. The summed E-state index contributed by atoms with van der Waals surface area (Å²) in [6, 6.07) is -0.833. The summed E-state index contributed by atoms with van der Waals surface area (Å²) < 4.78 is 9.88. The Kier molecular flexibility index (Phi) is 3.72. The highest BCUT2D eigenvalue weighted by Gasteiger charge is 2.23. The Labute approximate surface area is 55.5 Å². The molecule has 0 fully saturated rings. The van der Waals surface area contributed by atoms with Crippen LogP contribution in [-0.2, 0) is 9.47 Å². The average Bonchev–Trinajstić information content (AvgIpc) is 1.95. The van der Waals surface area contributed by atoms with Crippen LogP contribution in [0.15, 0.2) is 0 Å². The second-order valence-electron chi connectivity index (χ2n) is 1.52. The summed E-state index contributed by atoms with van der Waals surface area (Å²) in [6.07, 6.45) is 0. The van der Waals surface area contributed by atoms with Crippen LogP contribution in [0, 0.1) is 0 Å². The van der Waals surface area contributed by atoms with Gasteiger partial charge in [-0.05, 0) is 14.1 Å². The van der Waals surface area contributed by atoms with Crippen molar-refractivity contribution in [1.29, 1.82) is 0 Å². The summed E-state index contributed by atoms with van der Waals surface area (Å²) in [5.74, 6) is 0. The molecule has 0 aliphatic rings. The van der Waals surface area contributed by atoms with E-state index in [4.69, 9.17) is 9.47 Å². The zero-order valence-corrected chi connectivity index (χ0v) is 6.32. The van der Waals surface area contributed by atoms with Crippen molar-refractivity contribution in [2.45, 2.75) is 6.03 Å². The van der Waals surface area contributed by atoms with Crippen molar-refractivity contribution in [2.24, 2.45) is 0 Å². The number of hydrogen-bond acceptors (Lipinski definition) is 4. The van der Waals surface area contributed by atoms with E-state index in [0.717, 1.165) is 0 Å². The summed E-state index contributed by atoms with van der Waals surface area (Å²) >= 11 is 0. The SMILES string of the molecule is CNC(NC)(OC)OC. The topological polar surface area (TPSA) is 42.5 Å². The van der Waals surface area contributed by atoms with Crippen LogP contribution in [0.5, 0.6) is 0 Å². The van der Waals surface area contributed by atoms with Crippen LogP contribution in [0.1, 0.15) is 0 Å². The molecule has 0 bridgehead atoms. The van der Waals surface area contributed by atoms with Gasteiger partial charge in [0.2, 0.25) is 0 Å². The normalized spacial score (nSPS) is 12.0. The lowest BCUT2D eigenvalue weighted by Crippen LogP contribution is -2.56. The average molecular weight is 134 g/mol. The van der Waals surface area contributed by atoms with Gasteiger partial charge in [-0.1, -0.05) is 0 Å². The van der Waals surface area contributed by atoms with E-state index in [1.807, 2.05) is 0 Å². The molecule has 0 aromatic rings. The Morgan fingerprint density at radius 2 is 1.33 bits per heavy atom. The van der Waals surface area contributed by atoms with Crippen LogP contribution >= 0.6 is 0 Å². The first-order valence-corrected chi connectivity index (χ1v) is 2.72. The van der Waals surface area contributed by atoms with Gasteiger partial charge in [0.25, 0.3) is 6.03 Å². The predicted octanol–water partition coefficient (Wildman–Crippen LogP) is -0.671. The first kappa shape index (κ1) is 8.84. The highest BCUT2D eigenvalue weighted by molar-refractivity contribution is 4.54. The highest BCUT2D eigenvalue weighted by atomic mass is 16.7. The van der Waals surface area contributed by atoms with Crippen LogP contribution < -0.4 is 10.6 Å². The van der Waals surface area contributed by atoms with Crippen molar-refractivity contribution < 1.29 is 9.47 Å². The zero-order valence-electron chi connectivity index (χ0n) is 6.32. The number of hydrogen-bond donors (Lipinski definition) is 2. The minimum atomic E-state index is -0.833. The molecule has 0 saturated carbocycles. The summed E-state index contributed by atoms with van der Waals surface area (Å²) in [4.78, 5) is 0. The predicted molar refractivity (Wildman–Crippen MR) is 34.9 cm³/mol. The molecule has 0 amide bonds. The molecule has 2 N–H and O–H groups in total. The van der Waals surface area contributed by atoms with Crippen molar-refractivity contribution in [1.82, 2.24) is 10.6 Å². The Morgan fingerprint density at radius 3 is 1.33 bits per heavy atom. The van der Waals surface area contributed by atoms with Crippen LogP contribution in [0.2, 0.25) is 0 Å². The van der Waals surface area contributed by atoms with E-state index in [9.17, 15) is 0 Å². The Balaban J connectivity index is 3.82. The molecule has 4 nitrogen and oxygen atoms in total. The van der Waals surface area contributed by atoms with Crippen LogP contribution in [0.25, 0.3) is 0 Å². The molecule has 0 aromatic heterocycles. The molecule has 0 aromatic carbocycles. The van der Waals surface area contributed by atoms with Crippen LogP contribution in [-0.4, -0.2) is 34.3 Å². The largest absolute Gasteiger partial charge is 0.328 e. The Hall–Kier alpha value is -0.160. The van der Waals surface area contributed by atoms with E-state index in [1.165, 1.54) is 0 Å². The molecule has 0 saturated heterocycles. The summed E-state index contributed by atoms with van der Waals surface area (Å²) in [6.45, 7) is 0. The third-order valence-electron chi connectivity index (χ3n) is 1.23. The molecule has 0 unspecified atom stereocenters. The maximum absolute atomic E-state index is 4.94. The lowest BCUT2D eigenvalue weighted by molar-refractivity contribution is -0.241. The van der Waals surface area contributed by atoms with Gasteiger partial charge in [0.1, 0.15) is 0 Å².